The van der Waals surface area contributed by atoms with Gasteiger partial charge in [-0.1, -0.05) is 0 Å². The first-order valence-corrected chi connectivity index (χ1v) is 4.31. The lowest BCUT2D eigenvalue weighted by Gasteiger charge is -2.24. The zero-order chi connectivity index (χ0) is 8.10. The van der Waals surface area contributed by atoms with E-state index in [-0.39, 0.29) is 12.6 Å². The molecule has 1 rings (SSSR count). The smallest absolute Gasteiger partial charge is 0.0590 e. The maximum absolute atomic E-state index is 8.68. The molecule has 2 unspecified atom stereocenters. The fourth-order valence-electron chi connectivity index (χ4n) is 1.41. The van der Waals surface area contributed by atoms with Crippen LogP contribution in [0, 0.1) is 0 Å². The molecule has 0 aromatic carbocycles. The van der Waals surface area contributed by atoms with Crippen LogP contribution in [0.25, 0.3) is 0 Å². The zero-order valence-corrected chi connectivity index (χ0v) is 6.83. The standard InChI is InChI=1S/C8H17NO2/c9-7(6-10)5-8-3-1-2-4-11-8/h7-8,10H,1-6,9H2. The molecule has 1 fully saturated rings. The Balaban J connectivity index is 2.13. The summed E-state index contributed by atoms with van der Waals surface area (Å²) < 4.78 is 5.46. The summed E-state index contributed by atoms with van der Waals surface area (Å²) >= 11 is 0. The van der Waals surface area contributed by atoms with Gasteiger partial charge in [-0.2, -0.15) is 0 Å². The Hall–Kier alpha value is -0.120. The quantitative estimate of drug-likeness (QED) is 0.621. The average Bonchev–Trinajstić information content (AvgIpc) is 2.06. The maximum Gasteiger partial charge on any atom is 0.0590 e. The molecule has 0 aromatic heterocycles. The lowest BCUT2D eigenvalue weighted by Crippen LogP contribution is -2.32. The average molecular weight is 159 g/mol. The Morgan fingerprint density at radius 2 is 2.36 bits per heavy atom. The number of rotatable bonds is 3. The monoisotopic (exact) mass is 159 g/mol. The lowest BCUT2D eigenvalue weighted by molar-refractivity contribution is 0.00418. The van der Waals surface area contributed by atoms with E-state index in [0.29, 0.717) is 6.10 Å². The van der Waals surface area contributed by atoms with Gasteiger partial charge in [-0.3, -0.25) is 0 Å². The molecule has 1 heterocycles. The Labute approximate surface area is 67.5 Å². The SMILES string of the molecule is NC(CO)CC1CCCCO1. The van der Waals surface area contributed by atoms with Crippen molar-refractivity contribution in [2.75, 3.05) is 13.2 Å². The number of aliphatic hydroxyl groups is 1. The van der Waals surface area contributed by atoms with E-state index in [2.05, 4.69) is 0 Å². The highest BCUT2D eigenvalue weighted by Gasteiger charge is 2.16. The van der Waals surface area contributed by atoms with Crippen molar-refractivity contribution in [3.8, 4) is 0 Å². The summed E-state index contributed by atoms with van der Waals surface area (Å²) in [6.45, 7) is 0.933. The molecule has 1 aliphatic heterocycles. The van der Waals surface area contributed by atoms with Crippen molar-refractivity contribution < 1.29 is 9.84 Å². The van der Waals surface area contributed by atoms with Crippen LogP contribution >= 0.6 is 0 Å². The summed E-state index contributed by atoms with van der Waals surface area (Å²) in [5.74, 6) is 0. The molecule has 0 bridgehead atoms. The lowest BCUT2D eigenvalue weighted by atomic mass is 10.0. The second-order valence-corrected chi connectivity index (χ2v) is 3.17. The second-order valence-electron chi connectivity index (χ2n) is 3.17. The molecule has 66 valence electrons. The molecule has 0 spiro atoms. The molecule has 1 aliphatic rings. The van der Waals surface area contributed by atoms with Gasteiger partial charge in [0.25, 0.3) is 0 Å². The number of aliphatic hydroxyl groups excluding tert-OH is 1. The minimum Gasteiger partial charge on any atom is -0.395 e. The largest absolute Gasteiger partial charge is 0.395 e. The van der Waals surface area contributed by atoms with Crippen LogP contribution in [0.5, 0.6) is 0 Å². The summed E-state index contributed by atoms with van der Waals surface area (Å²) in [7, 11) is 0. The minimum atomic E-state index is -0.0990. The normalized spacial score (nSPS) is 28.4. The van der Waals surface area contributed by atoms with Gasteiger partial charge in [0, 0.05) is 12.6 Å². The molecule has 0 radical (unpaired) electrons. The predicted molar refractivity (Wildman–Crippen MR) is 43.3 cm³/mol. The third-order valence-electron chi connectivity index (χ3n) is 2.07. The molecule has 11 heavy (non-hydrogen) atoms. The summed E-state index contributed by atoms with van der Waals surface area (Å²) in [4.78, 5) is 0. The van der Waals surface area contributed by atoms with E-state index in [9.17, 15) is 0 Å². The van der Waals surface area contributed by atoms with Gasteiger partial charge in [0.1, 0.15) is 0 Å². The molecule has 0 aliphatic carbocycles. The van der Waals surface area contributed by atoms with Gasteiger partial charge >= 0.3 is 0 Å². The van der Waals surface area contributed by atoms with Crippen molar-refractivity contribution in [1.82, 2.24) is 0 Å². The molecule has 0 saturated carbocycles. The topological polar surface area (TPSA) is 55.5 Å². The van der Waals surface area contributed by atoms with E-state index >= 15 is 0 Å². The first-order chi connectivity index (χ1) is 5.33. The molecule has 3 nitrogen and oxygen atoms in total. The van der Waals surface area contributed by atoms with Crippen LogP contribution < -0.4 is 5.73 Å². The fraction of sp³-hybridized carbons (Fsp3) is 1.00. The number of ether oxygens (including phenoxy) is 1. The molecular formula is C8H17NO2. The van der Waals surface area contributed by atoms with E-state index in [4.69, 9.17) is 15.6 Å². The Morgan fingerprint density at radius 3 is 2.91 bits per heavy atom. The van der Waals surface area contributed by atoms with E-state index in [1.165, 1.54) is 12.8 Å². The maximum atomic E-state index is 8.68. The summed E-state index contributed by atoms with van der Waals surface area (Å²) in [6.07, 6.45) is 4.61. The summed E-state index contributed by atoms with van der Waals surface area (Å²) in [5, 5.41) is 8.68. The third kappa shape index (κ3) is 3.18. The highest BCUT2D eigenvalue weighted by molar-refractivity contribution is 4.70. The van der Waals surface area contributed by atoms with Crippen molar-refractivity contribution >= 4 is 0 Å². The molecule has 0 amide bonds. The van der Waals surface area contributed by atoms with E-state index in [1.807, 2.05) is 0 Å². The zero-order valence-electron chi connectivity index (χ0n) is 6.83. The van der Waals surface area contributed by atoms with Crippen LogP contribution in [0.2, 0.25) is 0 Å². The summed E-state index contributed by atoms with van der Waals surface area (Å²) in [5.41, 5.74) is 5.57. The molecular weight excluding hydrogens is 142 g/mol. The second kappa shape index (κ2) is 4.70. The van der Waals surface area contributed by atoms with Gasteiger partial charge in [0.15, 0.2) is 0 Å². The summed E-state index contributed by atoms with van der Waals surface area (Å²) in [6, 6.07) is -0.0990. The molecule has 1 saturated heterocycles. The number of hydrogen-bond acceptors (Lipinski definition) is 3. The van der Waals surface area contributed by atoms with Gasteiger partial charge in [-0.25, -0.2) is 0 Å². The van der Waals surface area contributed by atoms with Crippen LogP contribution in [0.3, 0.4) is 0 Å². The third-order valence-corrected chi connectivity index (χ3v) is 2.07. The minimum absolute atomic E-state index is 0.0693. The van der Waals surface area contributed by atoms with Gasteiger partial charge in [0.2, 0.25) is 0 Å². The van der Waals surface area contributed by atoms with Crippen LogP contribution in [0.15, 0.2) is 0 Å². The van der Waals surface area contributed by atoms with Crippen molar-refractivity contribution in [3.05, 3.63) is 0 Å². The van der Waals surface area contributed by atoms with Crippen LogP contribution in [-0.2, 0) is 4.74 Å². The Kier molecular flexibility index (Phi) is 3.83. The number of nitrogens with two attached hydrogens (primary N) is 1. The van der Waals surface area contributed by atoms with E-state index < -0.39 is 0 Å². The molecule has 3 heteroatoms. The van der Waals surface area contributed by atoms with Gasteiger partial charge in [-0.05, 0) is 25.7 Å². The van der Waals surface area contributed by atoms with Gasteiger partial charge < -0.3 is 15.6 Å². The molecule has 2 atom stereocenters. The predicted octanol–water partition coefficient (Wildman–Crippen LogP) is 0.265. The molecule has 3 N–H and O–H groups in total. The fourth-order valence-corrected chi connectivity index (χ4v) is 1.41. The molecule has 0 aromatic rings. The van der Waals surface area contributed by atoms with Crippen LogP contribution in [-0.4, -0.2) is 30.5 Å². The van der Waals surface area contributed by atoms with Crippen LogP contribution in [0.4, 0.5) is 0 Å². The first-order valence-electron chi connectivity index (χ1n) is 4.31. The van der Waals surface area contributed by atoms with E-state index in [1.54, 1.807) is 0 Å². The van der Waals surface area contributed by atoms with Crippen molar-refractivity contribution in [3.63, 3.8) is 0 Å². The van der Waals surface area contributed by atoms with Gasteiger partial charge in [-0.15, -0.1) is 0 Å². The highest BCUT2D eigenvalue weighted by atomic mass is 16.5. The Morgan fingerprint density at radius 1 is 1.55 bits per heavy atom. The number of hydrogen-bond donors (Lipinski definition) is 2. The van der Waals surface area contributed by atoms with Crippen molar-refractivity contribution in [2.24, 2.45) is 5.73 Å². The van der Waals surface area contributed by atoms with Crippen LogP contribution in [0.1, 0.15) is 25.7 Å². The van der Waals surface area contributed by atoms with Crippen molar-refractivity contribution in [2.45, 2.75) is 37.8 Å². The Bertz CT molecular complexity index is 102. The first kappa shape index (κ1) is 8.97. The van der Waals surface area contributed by atoms with E-state index in [0.717, 1.165) is 19.4 Å². The van der Waals surface area contributed by atoms with Crippen molar-refractivity contribution in [1.29, 1.82) is 0 Å². The van der Waals surface area contributed by atoms with Gasteiger partial charge in [0.05, 0.1) is 12.7 Å². The highest BCUT2D eigenvalue weighted by Crippen LogP contribution is 2.16.